The van der Waals surface area contributed by atoms with Gasteiger partial charge in [0.1, 0.15) is 6.10 Å². The number of alkyl halides is 3. The molecule has 6 heteroatoms. The van der Waals surface area contributed by atoms with Crippen LogP contribution in [0.1, 0.15) is 0 Å². The molecule has 78 valence electrons. The van der Waals surface area contributed by atoms with Gasteiger partial charge in [0.15, 0.2) is 0 Å². The zero-order chi connectivity index (χ0) is 10.8. The van der Waals surface area contributed by atoms with Gasteiger partial charge >= 0.3 is 6.36 Å². The minimum Gasteiger partial charge on any atom is -0.515 e. The van der Waals surface area contributed by atoms with E-state index in [2.05, 4.69) is 20.7 Å². The lowest BCUT2D eigenvalue weighted by molar-refractivity contribution is -0.331. The van der Waals surface area contributed by atoms with Crippen molar-refractivity contribution in [2.45, 2.75) is 12.5 Å². The third-order valence-electron chi connectivity index (χ3n) is 1.48. The number of aliphatic hydroxyl groups is 1. The van der Waals surface area contributed by atoms with E-state index in [-0.39, 0.29) is 5.57 Å². The first-order chi connectivity index (χ1) is 6.42. The van der Waals surface area contributed by atoms with Gasteiger partial charge in [0.05, 0.1) is 6.26 Å². The number of halogens is 4. The Morgan fingerprint density at radius 1 is 1.43 bits per heavy atom. The molecule has 1 unspecified atom stereocenters. The topological polar surface area (TPSA) is 29.5 Å². The Hall–Kier alpha value is -0.750. The molecule has 0 saturated carbocycles. The summed E-state index contributed by atoms with van der Waals surface area (Å²) in [6, 6.07) is 0. The van der Waals surface area contributed by atoms with Crippen molar-refractivity contribution in [1.82, 2.24) is 0 Å². The predicted octanol–water partition coefficient (Wildman–Crippen LogP) is 3.18. The van der Waals surface area contributed by atoms with E-state index in [0.29, 0.717) is 10.7 Å². The van der Waals surface area contributed by atoms with Crippen LogP contribution in [0.4, 0.5) is 13.2 Å². The Kier molecular flexibility index (Phi) is 3.38. The van der Waals surface area contributed by atoms with Crippen LogP contribution < -0.4 is 0 Å². The summed E-state index contributed by atoms with van der Waals surface area (Å²) in [6.07, 6.45) is -1.40. The lowest BCUT2D eigenvalue weighted by Crippen LogP contribution is -2.24. The number of allylic oxidation sites excluding steroid dienone is 2. The van der Waals surface area contributed by atoms with E-state index in [1.54, 1.807) is 0 Å². The highest BCUT2D eigenvalue weighted by Gasteiger charge is 2.34. The van der Waals surface area contributed by atoms with Gasteiger partial charge in [-0.3, -0.25) is 4.74 Å². The molecule has 0 aromatic carbocycles. The molecule has 0 bridgehead atoms. The van der Waals surface area contributed by atoms with Crippen LogP contribution in [0, 0.1) is 0 Å². The molecule has 1 rings (SSSR count). The van der Waals surface area contributed by atoms with Gasteiger partial charge in [-0.1, -0.05) is 22.0 Å². The van der Waals surface area contributed by atoms with Crippen molar-refractivity contribution in [3.8, 4) is 0 Å². The molecule has 0 aliphatic heterocycles. The molecule has 1 aliphatic carbocycles. The monoisotopic (exact) mass is 270 g/mol. The molecular weight excluding hydrogens is 265 g/mol. The van der Waals surface area contributed by atoms with Crippen LogP contribution in [0.2, 0.25) is 0 Å². The normalized spacial score (nSPS) is 25.3. The third kappa shape index (κ3) is 3.19. The molecule has 0 aromatic rings. The molecule has 0 amide bonds. The molecule has 0 radical (unpaired) electrons. The second-order valence-corrected chi connectivity index (χ2v) is 3.41. The highest BCUT2D eigenvalue weighted by Crippen LogP contribution is 2.28. The van der Waals surface area contributed by atoms with Crippen LogP contribution in [0.3, 0.4) is 0 Å². The third-order valence-corrected chi connectivity index (χ3v) is 2.01. The molecule has 0 heterocycles. The van der Waals surface area contributed by atoms with E-state index in [1.807, 2.05) is 0 Å². The van der Waals surface area contributed by atoms with Gasteiger partial charge in [0.2, 0.25) is 0 Å². The first kappa shape index (κ1) is 11.3. The molecule has 1 N–H and O–H groups in total. The summed E-state index contributed by atoms with van der Waals surface area (Å²) < 4.78 is 39.9. The van der Waals surface area contributed by atoms with Crippen molar-refractivity contribution in [2.24, 2.45) is 0 Å². The number of rotatable bonds is 1. The number of ether oxygens (including phenoxy) is 1. The predicted molar refractivity (Wildman–Crippen MR) is 47.8 cm³/mol. The smallest absolute Gasteiger partial charge is 0.515 e. The number of hydrogen-bond donors (Lipinski definition) is 1. The minimum atomic E-state index is -4.73. The summed E-state index contributed by atoms with van der Waals surface area (Å²) in [6.45, 7) is 0. The maximum Gasteiger partial charge on any atom is 0.523 e. The molecule has 0 fully saturated rings. The largest absolute Gasteiger partial charge is 0.523 e. The molecule has 2 nitrogen and oxygen atoms in total. The zero-order valence-electron chi connectivity index (χ0n) is 6.75. The fourth-order valence-corrected chi connectivity index (χ4v) is 1.30. The number of hydrogen-bond acceptors (Lipinski definition) is 2. The van der Waals surface area contributed by atoms with Crippen molar-refractivity contribution >= 4 is 15.9 Å². The summed E-state index contributed by atoms with van der Waals surface area (Å²) >= 11 is 3.01. The molecule has 14 heavy (non-hydrogen) atoms. The van der Waals surface area contributed by atoms with Crippen molar-refractivity contribution in [3.05, 3.63) is 34.5 Å². The van der Waals surface area contributed by atoms with E-state index in [1.165, 1.54) is 18.2 Å². The van der Waals surface area contributed by atoms with Crippen molar-refractivity contribution in [1.29, 1.82) is 0 Å². The van der Waals surface area contributed by atoms with Crippen LogP contribution in [-0.2, 0) is 4.74 Å². The fourth-order valence-electron chi connectivity index (χ4n) is 0.930. The summed E-state index contributed by atoms with van der Waals surface area (Å²) in [5.74, 6) is 0. The second-order valence-electron chi connectivity index (χ2n) is 2.50. The Morgan fingerprint density at radius 3 is 2.57 bits per heavy atom. The van der Waals surface area contributed by atoms with Crippen LogP contribution in [0.25, 0.3) is 0 Å². The van der Waals surface area contributed by atoms with E-state index >= 15 is 0 Å². The van der Waals surface area contributed by atoms with Crippen LogP contribution in [-0.4, -0.2) is 17.6 Å². The summed E-state index contributed by atoms with van der Waals surface area (Å²) in [7, 11) is 0. The van der Waals surface area contributed by atoms with Crippen molar-refractivity contribution < 1.29 is 23.0 Å². The molecule has 1 aliphatic rings. The standard InChI is InChI=1S/C8H6BrF3O2/c9-6-2-1-5(4-13)7(3-6)14-8(10,11)12/h1-4,7,13H/b5-4+. The van der Waals surface area contributed by atoms with Gasteiger partial charge in [-0.15, -0.1) is 13.2 Å². The van der Waals surface area contributed by atoms with E-state index in [0.717, 1.165) is 0 Å². The highest BCUT2D eigenvalue weighted by molar-refractivity contribution is 9.11. The molecule has 0 spiro atoms. The Bertz CT molecular complexity index is 304. The van der Waals surface area contributed by atoms with Gasteiger partial charge in [-0.25, -0.2) is 0 Å². The number of aliphatic hydroxyl groups excluding tert-OH is 1. The summed E-state index contributed by atoms with van der Waals surface area (Å²) in [5, 5.41) is 8.64. The van der Waals surface area contributed by atoms with E-state index < -0.39 is 12.5 Å². The summed E-state index contributed by atoms with van der Waals surface area (Å²) in [5.41, 5.74) is 0.0468. The van der Waals surface area contributed by atoms with Gasteiger partial charge in [0.25, 0.3) is 0 Å². The van der Waals surface area contributed by atoms with Crippen LogP contribution in [0.5, 0.6) is 0 Å². The van der Waals surface area contributed by atoms with Gasteiger partial charge in [-0.2, -0.15) is 0 Å². The average Bonchev–Trinajstić information content (AvgIpc) is 2.01. The maximum atomic E-state index is 11.9. The Morgan fingerprint density at radius 2 is 2.07 bits per heavy atom. The zero-order valence-corrected chi connectivity index (χ0v) is 8.34. The van der Waals surface area contributed by atoms with Crippen molar-refractivity contribution in [2.75, 3.05) is 0 Å². The lowest BCUT2D eigenvalue weighted by atomic mass is 10.1. The van der Waals surface area contributed by atoms with E-state index in [4.69, 9.17) is 5.11 Å². The van der Waals surface area contributed by atoms with Gasteiger partial charge in [-0.05, 0) is 12.2 Å². The summed E-state index contributed by atoms with van der Waals surface area (Å²) in [4.78, 5) is 0. The average molecular weight is 271 g/mol. The van der Waals surface area contributed by atoms with Crippen LogP contribution >= 0.6 is 15.9 Å². The van der Waals surface area contributed by atoms with Gasteiger partial charge < -0.3 is 5.11 Å². The van der Waals surface area contributed by atoms with Crippen molar-refractivity contribution in [3.63, 3.8) is 0 Å². The van der Waals surface area contributed by atoms with Crippen LogP contribution in [0.15, 0.2) is 34.5 Å². The molecule has 0 saturated heterocycles. The minimum absolute atomic E-state index is 0.0468. The molecule has 1 atom stereocenters. The first-order valence-corrected chi connectivity index (χ1v) is 4.36. The SMILES string of the molecule is O/C=C1\C=CC(Br)=CC1OC(F)(F)F. The second kappa shape index (κ2) is 4.18. The maximum absolute atomic E-state index is 11.9. The van der Waals surface area contributed by atoms with Gasteiger partial charge in [0, 0.05) is 10.1 Å². The fraction of sp³-hybridized carbons (Fsp3) is 0.250. The quantitative estimate of drug-likeness (QED) is 0.742. The Labute approximate surface area is 86.5 Å². The lowest BCUT2D eigenvalue weighted by Gasteiger charge is -2.19. The highest BCUT2D eigenvalue weighted by atomic mass is 79.9. The van der Waals surface area contributed by atoms with E-state index in [9.17, 15) is 13.2 Å². The Balaban J connectivity index is 2.81. The molecule has 0 aromatic heterocycles. The first-order valence-electron chi connectivity index (χ1n) is 3.56. The molecular formula is C8H6BrF3O2.